The molecule has 0 bridgehead atoms. The topological polar surface area (TPSA) is 44.8 Å². The Kier molecular flexibility index (Phi) is 7.83. The van der Waals surface area contributed by atoms with Gasteiger partial charge in [0.2, 0.25) is 0 Å². The molecule has 0 aromatic heterocycles. The van der Waals surface area contributed by atoms with Crippen molar-refractivity contribution in [2.75, 3.05) is 13.2 Å². The second kappa shape index (κ2) is 9.40. The van der Waals surface area contributed by atoms with Gasteiger partial charge in [-0.1, -0.05) is 26.0 Å². The van der Waals surface area contributed by atoms with Gasteiger partial charge < -0.3 is 14.2 Å². The zero-order valence-corrected chi connectivity index (χ0v) is 13.4. The molecule has 0 radical (unpaired) electrons. The van der Waals surface area contributed by atoms with Gasteiger partial charge in [0.15, 0.2) is 6.29 Å². The molecule has 0 saturated heterocycles. The molecule has 2 unspecified atom stereocenters. The summed E-state index contributed by atoms with van der Waals surface area (Å²) in [6.07, 6.45) is 0.969. The number of rotatable bonds is 9. The minimum absolute atomic E-state index is 0.245. The lowest BCUT2D eigenvalue weighted by Crippen LogP contribution is -2.19. The van der Waals surface area contributed by atoms with Crippen molar-refractivity contribution >= 4 is 5.97 Å². The summed E-state index contributed by atoms with van der Waals surface area (Å²) in [5, 5.41) is 0. The third-order valence-electron chi connectivity index (χ3n) is 3.33. The van der Waals surface area contributed by atoms with Gasteiger partial charge in [0, 0.05) is 0 Å². The Morgan fingerprint density at radius 3 is 2.38 bits per heavy atom. The van der Waals surface area contributed by atoms with Crippen LogP contribution in [0.4, 0.5) is 0 Å². The van der Waals surface area contributed by atoms with Crippen LogP contribution >= 0.6 is 0 Å². The van der Waals surface area contributed by atoms with E-state index in [-0.39, 0.29) is 12.4 Å². The first-order chi connectivity index (χ1) is 10.1. The van der Waals surface area contributed by atoms with Gasteiger partial charge in [0.1, 0.15) is 5.75 Å². The number of benzene rings is 1. The highest BCUT2D eigenvalue weighted by Gasteiger charge is 2.08. The molecule has 21 heavy (non-hydrogen) atoms. The van der Waals surface area contributed by atoms with Crippen LogP contribution in [0.25, 0.3) is 0 Å². The van der Waals surface area contributed by atoms with E-state index in [4.69, 9.17) is 14.2 Å². The third kappa shape index (κ3) is 6.63. The zero-order valence-electron chi connectivity index (χ0n) is 13.4. The first-order valence-corrected chi connectivity index (χ1v) is 7.60. The van der Waals surface area contributed by atoms with Crippen molar-refractivity contribution in [1.82, 2.24) is 0 Å². The first kappa shape index (κ1) is 17.5. The summed E-state index contributed by atoms with van der Waals surface area (Å²) in [6.45, 7) is 8.67. The van der Waals surface area contributed by atoms with E-state index in [1.54, 1.807) is 6.92 Å². The predicted molar refractivity (Wildman–Crippen MR) is 82.4 cm³/mol. The molecule has 0 heterocycles. The lowest BCUT2D eigenvalue weighted by Gasteiger charge is -2.16. The molecule has 0 aliphatic heterocycles. The van der Waals surface area contributed by atoms with Crippen LogP contribution in [0.1, 0.15) is 52.0 Å². The van der Waals surface area contributed by atoms with E-state index in [9.17, 15) is 4.79 Å². The summed E-state index contributed by atoms with van der Waals surface area (Å²) in [5.74, 6) is 1.07. The van der Waals surface area contributed by atoms with E-state index in [2.05, 4.69) is 26.0 Å². The van der Waals surface area contributed by atoms with Gasteiger partial charge in [-0.05, 0) is 43.9 Å². The standard InChI is InChI=1S/C17H26O4/c1-5-13(3)15-7-9-16(10-8-15)21-14(4)20-12-11-17(18)19-6-2/h7-10,13-14H,5-6,11-12H2,1-4H3. The molecule has 2 atom stereocenters. The molecule has 0 spiro atoms. The van der Waals surface area contributed by atoms with Crippen LogP contribution in [0.5, 0.6) is 5.75 Å². The van der Waals surface area contributed by atoms with Gasteiger partial charge in [0.05, 0.1) is 19.6 Å². The van der Waals surface area contributed by atoms with Crippen molar-refractivity contribution in [1.29, 1.82) is 0 Å². The van der Waals surface area contributed by atoms with E-state index in [0.29, 0.717) is 19.1 Å². The Morgan fingerprint density at radius 2 is 1.81 bits per heavy atom. The summed E-state index contributed by atoms with van der Waals surface area (Å²) in [6, 6.07) is 8.06. The molecule has 4 heteroatoms. The van der Waals surface area contributed by atoms with E-state index in [1.165, 1.54) is 5.56 Å². The zero-order chi connectivity index (χ0) is 15.7. The van der Waals surface area contributed by atoms with Crippen molar-refractivity contribution < 1.29 is 19.0 Å². The summed E-state index contributed by atoms with van der Waals surface area (Å²) in [4.78, 5) is 11.2. The minimum atomic E-state index is -0.395. The molecule has 0 amide bonds. The molecule has 1 aromatic rings. The number of ether oxygens (including phenoxy) is 3. The van der Waals surface area contributed by atoms with Gasteiger partial charge >= 0.3 is 5.97 Å². The van der Waals surface area contributed by atoms with Crippen LogP contribution in [0.3, 0.4) is 0 Å². The number of carbonyl (C=O) groups is 1. The fraction of sp³-hybridized carbons (Fsp3) is 0.588. The maximum absolute atomic E-state index is 11.2. The van der Waals surface area contributed by atoms with Crippen molar-refractivity contribution in [2.24, 2.45) is 0 Å². The summed E-state index contributed by atoms with van der Waals surface area (Å²) in [5.41, 5.74) is 1.31. The predicted octanol–water partition coefficient (Wildman–Crippen LogP) is 3.89. The fourth-order valence-electron chi connectivity index (χ4n) is 1.88. The highest BCUT2D eigenvalue weighted by molar-refractivity contribution is 5.69. The van der Waals surface area contributed by atoms with Crippen molar-refractivity contribution in [3.63, 3.8) is 0 Å². The Labute approximate surface area is 127 Å². The third-order valence-corrected chi connectivity index (χ3v) is 3.33. The molecule has 118 valence electrons. The van der Waals surface area contributed by atoms with Crippen LogP contribution in [0.2, 0.25) is 0 Å². The number of hydrogen-bond donors (Lipinski definition) is 0. The van der Waals surface area contributed by atoms with E-state index in [1.807, 2.05) is 19.1 Å². The second-order valence-electron chi connectivity index (χ2n) is 4.99. The highest BCUT2D eigenvalue weighted by Crippen LogP contribution is 2.22. The minimum Gasteiger partial charge on any atom is -0.466 e. The van der Waals surface area contributed by atoms with E-state index < -0.39 is 6.29 Å². The lowest BCUT2D eigenvalue weighted by atomic mass is 9.99. The van der Waals surface area contributed by atoms with E-state index >= 15 is 0 Å². The molecule has 0 aliphatic rings. The maximum atomic E-state index is 11.2. The Balaban J connectivity index is 2.34. The highest BCUT2D eigenvalue weighted by atomic mass is 16.7. The molecular formula is C17H26O4. The van der Waals surface area contributed by atoms with Crippen molar-refractivity contribution in [3.8, 4) is 5.75 Å². The van der Waals surface area contributed by atoms with Gasteiger partial charge in [-0.25, -0.2) is 0 Å². The van der Waals surface area contributed by atoms with Crippen LogP contribution in [-0.4, -0.2) is 25.5 Å². The molecule has 1 rings (SSSR count). The Hall–Kier alpha value is -1.55. The lowest BCUT2D eigenvalue weighted by molar-refractivity contribution is -0.146. The summed E-state index contributed by atoms with van der Waals surface area (Å²) in [7, 11) is 0. The van der Waals surface area contributed by atoms with Gasteiger partial charge in [-0.2, -0.15) is 0 Å². The molecule has 0 saturated carbocycles. The molecule has 4 nitrogen and oxygen atoms in total. The average molecular weight is 294 g/mol. The van der Waals surface area contributed by atoms with Crippen molar-refractivity contribution in [2.45, 2.75) is 52.7 Å². The quantitative estimate of drug-likeness (QED) is 0.512. The number of esters is 1. The average Bonchev–Trinajstić information content (AvgIpc) is 2.47. The van der Waals surface area contributed by atoms with Crippen LogP contribution in [0.15, 0.2) is 24.3 Å². The normalized spacial score (nSPS) is 13.5. The molecule has 1 aromatic carbocycles. The second-order valence-corrected chi connectivity index (χ2v) is 4.99. The molecule has 0 aliphatic carbocycles. The van der Waals surface area contributed by atoms with Gasteiger partial charge in [0.25, 0.3) is 0 Å². The van der Waals surface area contributed by atoms with E-state index in [0.717, 1.165) is 12.2 Å². The summed E-state index contributed by atoms with van der Waals surface area (Å²) >= 11 is 0. The number of carbonyl (C=O) groups excluding carboxylic acids is 1. The smallest absolute Gasteiger partial charge is 0.308 e. The summed E-state index contributed by atoms with van der Waals surface area (Å²) < 4.78 is 15.9. The van der Waals surface area contributed by atoms with Gasteiger partial charge in [-0.15, -0.1) is 0 Å². The first-order valence-electron chi connectivity index (χ1n) is 7.60. The SMILES string of the molecule is CCOC(=O)CCOC(C)Oc1ccc(C(C)CC)cc1. The monoisotopic (exact) mass is 294 g/mol. The largest absolute Gasteiger partial charge is 0.466 e. The van der Waals surface area contributed by atoms with Gasteiger partial charge in [-0.3, -0.25) is 4.79 Å². The molecule has 0 fully saturated rings. The van der Waals surface area contributed by atoms with Crippen LogP contribution in [-0.2, 0) is 14.3 Å². The van der Waals surface area contributed by atoms with Crippen LogP contribution in [0, 0.1) is 0 Å². The number of hydrogen-bond acceptors (Lipinski definition) is 4. The van der Waals surface area contributed by atoms with Crippen molar-refractivity contribution in [3.05, 3.63) is 29.8 Å². The van der Waals surface area contributed by atoms with Crippen LogP contribution < -0.4 is 4.74 Å². The Morgan fingerprint density at radius 1 is 1.14 bits per heavy atom. The molecular weight excluding hydrogens is 268 g/mol. The Bertz CT molecular complexity index is 413. The maximum Gasteiger partial charge on any atom is 0.308 e. The molecule has 0 N–H and O–H groups in total. The fourth-order valence-corrected chi connectivity index (χ4v) is 1.88.